The van der Waals surface area contributed by atoms with Gasteiger partial charge in [0, 0.05) is 32.1 Å². The number of piperidine rings is 1. The highest BCUT2D eigenvalue weighted by Crippen LogP contribution is 2.19. The van der Waals surface area contributed by atoms with Gasteiger partial charge in [-0.15, -0.1) is 0 Å². The second kappa shape index (κ2) is 9.42. The fourth-order valence-corrected chi connectivity index (χ4v) is 4.65. The maximum atomic E-state index is 13.3. The monoisotopic (exact) mass is 396 g/mol. The molecule has 2 fully saturated rings. The summed E-state index contributed by atoms with van der Waals surface area (Å²) in [6.07, 6.45) is 10.8. The Morgan fingerprint density at radius 1 is 1.00 bits per heavy atom. The molecule has 2 aliphatic rings. The van der Waals surface area contributed by atoms with Crippen LogP contribution in [0.1, 0.15) is 64.2 Å². The molecule has 1 aliphatic heterocycles. The highest BCUT2D eigenvalue weighted by atomic mass is 16.2. The van der Waals surface area contributed by atoms with E-state index in [9.17, 15) is 9.59 Å². The van der Waals surface area contributed by atoms with E-state index in [1.54, 1.807) is 4.57 Å². The molecular formula is C23H32N4O2. The summed E-state index contributed by atoms with van der Waals surface area (Å²) < 4.78 is 1.75. The SMILES string of the molecule is O=C(CCn1c(=O)c(N2CCCCC2)nc2ccccc21)NC1CCCCCC1. The highest BCUT2D eigenvalue weighted by molar-refractivity contribution is 5.78. The smallest absolute Gasteiger partial charge is 0.294 e. The molecule has 6 nitrogen and oxygen atoms in total. The number of benzene rings is 1. The van der Waals surface area contributed by atoms with Crippen molar-refractivity contribution in [1.29, 1.82) is 0 Å². The molecule has 29 heavy (non-hydrogen) atoms. The van der Waals surface area contributed by atoms with Crippen LogP contribution in [0.4, 0.5) is 5.82 Å². The Balaban J connectivity index is 1.53. The fraction of sp³-hybridized carbons (Fsp3) is 0.609. The van der Waals surface area contributed by atoms with Gasteiger partial charge in [-0.05, 0) is 44.2 Å². The van der Waals surface area contributed by atoms with Crippen molar-refractivity contribution >= 4 is 22.8 Å². The minimum atomic E-state index is -0.0760. The number of anilines is 1. The maximum absolute atomic E-state index is 13.3. The quantitative estimate of drug-likeness (QED) is 0.784. The van der Waals surface area contributed by atoms with Crippen molar-refractivity contribution in [3.63, 3.8) is 0 Å². The van der Waals surface area contributed by atoms with Gasteiger partial charge in [-0.3, -0.25) is 9.59 Å². The molecule has 2 heterocycles. The molecule has 1 aliphatic carbocycles. The normalized spacial score (nSPS) is 18.6. The fourth-order valence-electron chi connectivity index (χ4n) is 4.65. The zero-order chi connectivity index (χ0) is 20.1. The van der Waals surface area contributed by atoms with Crippen LogP contribution in [0.25, 0.3) is 11.0 Å². The van der Waals surface area contributed by atoms with Crippen LogP contribution in [0.5, 0.6) is 0 Å². The number of para-hydroxylation sites is 2. The second-order valence-corrected chi connectivity index (χ2v) is 8.43. The minimum Gasteiger partial charge on any atom is -0.353 e. The third-order valence-corrected chi connectivity index (χ3v) is 6.27. The van der Waals surface area contributed by atoms with E-state index in [2.05, 4.69) is 15.2 Å². The van der Waals surface area contributed by atoms with E-state index in [0.29, 0.717) is 24.8 Å². The molecule has 1 saturated carbocycles. The molecule has 0 spiro atoms. The molecule has 4 rings (SSSR count). The zero-order valence-corrected chi connectivity index (χ0v) is 17.2. The van der Waals surface area contributed by atoms with Crippen LogP contribution in [0.2, 0.25) is 0 Å². The number of carbonyl (C=O) groups is 1. The lowest BCUT2D eigenvalue weighted by atomic mass is 10.1. The number of carbonyl (C=O) groups excluding carboxylic acids is 1. The van der Waals surface area contributed by atoms with Gasteiger partial charge < -0.3 is 14.8 Å². The summed E-state index contributed by atoms with van der Waals surface area (Å²) >= 11 is 0. The Labute approximate surface area is 172 Å². The van der Waals surface area contributed by atoms with Crippen LogP contribution >= 0.6 is 0 Å². The number of fused-ring (bicyclic) bond motifs is 1. The lowest BCUT2D eigenvalue weighted by molar-refractivity contribution is -0.122. The Kier molecular flexibility index (Phi) is 6.47. The van der Waals surface area contributed by atoms with Crippen molar-refractivity contribution < 1.29 is 4.79 Å². The van der Waals surface area contributed by atoms with Gasteiger partial charge in [-0.25, -0.2) is 4.98 Å². The van der Waals surface area contributed by atoms with E-state index in [0.717, 1.165) is 49.8 Å². The number of nitrogens with zero attached hydrogens (tertiary/aromatic N) is 3. The Bertz CT molecular complexity index is 893. The Morgan fingerprint density at radius 3 is 2.45 bits per heavy atom. The van der Waals surface area contributed by atoms with Crippen molar-refractivity contribution in [2.75, 3.05) is 18.0 Å². The van der Waals surface area contributed by atoms with Crippen molar-refractivity contribution in [3.05, 3.63) is 34.6 Å². The van der Waals surface area contributed by atoms with Crippen LogP contribution in [0.3, 0.4) is 0 Å². The first-order valence-corrected chi connectivity index (χ1v) is 11.3. The number of hydrogen-bond acceptors (Lipinski definition) is 4. The van der Waals surface area contributed by atoms with Gasteiger partial charge in [-0.1, -0.05) is 37.8 Å². The maximum Gasteiger partial charge on any atom is 0.294 e. The van der Waals surface area contributed by atoms with E-state index in [1.807, 2.05) is 24.3 Å². The molecule has 1 aromatic carbocycles. The number of hydrogen-bond donors (Lipinski definition) is 1. The van der Waals surface area contributed by atoms with E-state index >= 15 is 0 Å². The lowest BCUT2D eigenvalue weighted by Crippen LogP contribution is -2.38. The first-order valence-electron chi connectivity index (χ1n) is 11.3. The molecule has 1 aromatic heterocycles. The van der Waals surface area contributed by atoms with E-state index < -0.39 is 0 Å². The summed E-state index contributed by atoms with van der Waals surface area (Å²) in [6, 6.07) is 8.03. The Morgan fingerprint density at radius 2 is 1.69 bits per heavy atom. The zero-order valence-electron chi connectivity index (χ0n) is 17.2. The van der Waals surface area contributed by atoms with Crippen molar-refractivity contribution in [3.8, 4) is 0 Å². The average Bonchev–Trinajstić information content (AvgIpc) is 3.02. The summed E-state index contributed by atoms with van der Waals surface area (Å²) in [5.41, 5.74) is 1.55. The van der Waals surface area contributed by atoms with Gasteiger partial charge in [0.1, 0.15) is 0 Å². The van der Waals surface area contributed by atoms with Crippen molar-refractivity contribution in [1.82, 2.24) is 14.9 Å². The van der Waals surface area contributed by atoms with E-state index in [4.69, 9.17) is 0 Å². The van der Waals surface area contributed by atoms with Crippen LogP contribution in [-0.4, -0.2) is 34.6 Å². The largest absolute Gasteiger partial charge is 0.353 e. The molecule has 156 valence electrons. The summed E-state index contributed by atoms with van der Waals surface area (Å²) in [5, 5.41) is 3.19. The summed E-state index contributed by atoms with van der Waals surface area (Å²) in [5.74, 6) is 0.580. The molecule has 1 saturated heterocycles. The first-order chi connectivity index (χ1) is 14.2. The molecule has 0 unspecified atom stereocenters. The van der Waals surface area contributed by atoms with Crippen LogP contribution in [-0.2, 0) is 11.3 Å². The number of aryl methyl sites for hydroxylation is 1. The summed E-state index contributed by atoms with van der Waals surface area (Å²) in [4.78, 5) is 32.6. The van der Waals surface area contributed by atoms with Gasteiger partial charge in [0.05, 0.1) is 11.0 Å². The summed E-state index contributed by atoms with van der Waals surface area (Å²) in [7, 11) is 0. The van der Waals surface area contributed by atoms with Crippen LogP contribution in [0, 0.1) is 0 Å². The molecule has 0 bridgehead atoms. The van der Waals surface area contributed by atoms with Crippen LogP contribution in [0.15, 0.2) is 29.1 Å². The Hall–Kier alpha value is -2.37. The molecular weight excluding hydrogens is 364 g/mol. The van der Waals surface area contributed by atoms with E-state index in [1.165, 1.54) is 32.1 Å². The first kappa shape index (κ1) is 19.9. The third-order valence-electron chi connectivity index (χ3n) is 6.27. The standard InChI is InChI=1S/C23H32N4O2/c28-21(24-18-10-4-1-2-5-11-18)14-17-27-20-13-7-6-12-19(20)25-22(23(27)29)26-15-8-3-9-16-26/h6-7,12-13,18H,1-5,8-11,14-17H2,(H,24,28). The topological polar surface area (TPSA) is 67.2 Å². The number of rotatable bonds is 5. The minimum absolute atomic E-state index is 0.0456. The molecule has 0 radical (unpaired) electrons. The van der Waals surface area contributed by atoms with Gasteiger partial charge >= 0.3 is 0 Å². The van der Waals surface area contributed by atoms with Crippen molar-refractivity contribution in [2.24, 2.45) is 0 Å². The molecule has 2 aromatic rings. The summed E-state index contributed by atoms with van der Waals surface area (Å²) in [6.45, 7) is 2.15. The van der Waals surface area contributed by atoms with Gasteiger partial charge in [0.25, 0.3) is 5.56 Å². The van der Waals surface area contributed by atoms with Gasteiger partial charge in [0.2, 0.25) is 5.91 Å². The van der Waals surface area contributed by atoms with Gasteiger partial charge in [-0.2, -0.15) is 0 Å². The lowest BCUT2D eigenvalue weighted by Gasteiger charge is -2.28. The van der Waals surface area contributed by atoms with Gasteiger partial charge in [0.15, 0.2) is 5.82 Å². The molecule has 0 atom stereocenters. The molecule has 6 heteroatoms. The highest BCUT2D eigenvalue weighted by Gasteiger charge is 2.20. The number of nitrogens with one attached hydrogen (secondary N) is 1. The van der Waals surface area contributed by atoms with Crippen molar-refractivity contribution in [2.45, 2.75) is 76.8 Å². The van der Waals surface area contributed by atoms with E-state index in [-0.39, 0.29) is 11.5 Å². The van der Waals surface area contributed by atoms with Crippen LogP contribution < -0.4 is 15.8 Å². The predicted octanol–water partition coefficient (Wildman–Crippen LogP) is 3.62. The molecule has 1 N–H and O–H groups in total. The predicted molar refractivity (Wildman–Crippen MR) is 116 cm³/mol. The number of aromatic nitrogens is 2. The average molecular weight is 397 g/mol. The second-order valence-electron chi connectivity index (χ2n) is 8.43. The number of amides is 1. The third kappa shape index (κ3) is 4.80. The molecule has 1 amide bonds.